The van der Waals surface area contributed by atoms with Gasteiger partial charge in [-0.3, -0.25) is 0 Å². The van der Waals surface area contributed by atoms with Crippen LogP contribution in [0.1, 0.15) is 0 Å². The van der Waals surface area contributed by atoms with Crippen LogP contribution >= 0.6 is 11.8 Å². The summed E-state index contributed by atoms with van der Waals surface area (Å²) in [7, 11) is 0. The lowest BCUT2D eigenvalue weighted by Gasteiger charge is -2.38. The Hall–Kier alpha value is -3.17. The molecule has 0 atom stereocenters. The molecule has 3 heterocycles. The first-order valence-electron chi connectivity index (χ1n) is 9.14. The number of nitrogens with zero attached hydrogens (tertiary/aromatic N) is 2. The van der Waals surface area contributed by atoms with Crippen molar-refractivity contribution < 1.29 is 0 Å². The van der Waals surface area contributed by atoms with Crippen molar-refractivity contribution in [2.45, 2.75) is 9.79 Å². The van der Waals surface area contributed by atoms with Crippen molar-refractivity contribution in [3.8, 4) is 5.69 Å². The number of fused-ring (bicyclic) bond motifs is 8. The lowest BCUT2D eigenvalue weighted by atomic mass is 10.1. The van der Waals surface area contributed by atoms with Crippen LogP contribution in [0.2, 0.25) is 0 Å². The first kappa shape index (κ1) is 14.0. The Morgan fingerprint density at radius 2 is 1.30 bits per heavy atom. The first-order chi connectivity index (χ1) is 13.4. The Labute approximate surface area is 160 Å². The van der Waals surface area contributed by atoms with Gasteiger partial charge in [0.15, 0.2) is 0 Å². The average Bonchev–Trinajstić information content (AvgIpc) is 3.07. The fourth-order valence-corrected chi connectivity index (χ4v) is 5.70. The minimum absolute atomic E-state index is 1.24. The minimum Gasteiger partial charge on any atom is -0.305 e. The van der Waals surface area contributed by atoms with E-state index in [0.717, 1.165) is 0 Å². The van der Waals surface area contributed by atoms with Crippen LogP contribution < -0.4 is 4.90 Å². The van der Waals surface area contributed by atoms with E-state index in [9.17, 15) is 0 Å². The molecular weight excluding hydrogens is 348 g/mol. The number of para-hydroxylation sites is 4. The summed E-state index contributed by atoms with van der Waals surface area (Å²) in [6.45, 7) is 0. The Balaban J connectivity index is 1.77. The molecule has 3 heteroatoms. The van der Waals surface area contributed by atoms with Gasteiger partial charge in [0.05, 0.1) is 33.8 Å². The van der Waals surface area contributed by atoms with E-state index < -0.39 is 0 Å². The molecule has 0 aliphatic carbocycles. The van der Waals surface area contributed by atoms with E-state index in [1.165, 1.54) is 54.3 Å². The molecule has 2 aliphatic rings. The van der Waals surface area contributed by atoms with Crippen LogP contribution in [0.5, 0.6) is 0 Å². The van der Waals surface area contributed by atoms with Crippen LogP contribution in [0.15, 0.2) is 94.7 Å². The second-order valence-corrected chi connectivity index (χ2v) is 8.14. The highest BCUT2D eigenvalue weighted by Gasteiger charge is 2.34. The largest absolute Gasteiger partial charge is 0.305 e. The van der Waals surface area contributed by atoms with E-state index in [2.05, 4.69) is 94.4 Å². The van der Waals surface area contributed by atoms with E-state index in [0.29, 0.717) is 0 Å². The summed E-state index contributed by atoms with van der Waals surface area (Å²) in [5.41, 5.74) is 7.66. The van der Waals surface area contributed by atoms with Gasteiger partial charge >= 0.3 is 0 Å². The summed E-state index contributed by atoms with van der Waals surface area (Å²) < 4.78 is 2.45. The third-order valence-electron chi connectivity index (χ3n) is 5.69. The van der Waals surface area contributed by atoms with Crippen LogP contribution in [-0.2, 0) is 0 Å². The molecule has 0 amide bonds. The quantitative estimate of drug-likeness (QED) is 0.286. The van der Waals surface area contributed by atoms with Gasteiger partial charge in [0.2, 0.25) is 0 Å². The normalized spacial score (nSPS) is 13.7. The Morgan fingerprint density at radius 3 is 2.22 bits per heavy atom. The maximum absolute atomic E-state index is 2.46. The van der Waals surface area contributed by atoms with E-state index in [1.807, 2.05) is 11.8 Å². The summed E-state index contributed by atoms with van der Waals surface area (Å²) in [6.07, 6.45) is 0. The molecule has 1 aromatic heterocycles. The summed E-state index contributed by atoms with van der Waals surface area (Å²) in [6, 6.07) is 30.8. The maximum Gasteiger partial charge on any atom is 0.0851 e. The zero-order chi connectivity index (χ0) is 17.5. The zero-order valence-electron chi connectivity index (χ0n) is 14.4. The van der Waals surface area contributed by atoms with Crippen molar-refractivity contribution in [2.75, 3.05) is 4.90 Å². The van der Waals surface area contributed by atoms with Gasteiger partial charge in [-0.25, -0.2) is 0 Å². The summed E-state index contributed by atoms with van der Waals surface area (Å²) >= 11 is 1.87. The SMILES string of the molecule is c1ccc2c(c1)Sc1ccc3c4ccccc4n4c3c1N2c1ccccc1-4. The van der Waals surface area contributed by atoms with E-state index in [4.69, 9.17) is 0 Å². The summed E-state index contributed by atoms with van der Waals surface area (Å²) in [5.74, 6) is 0. The molecular formula is C24H14N2S. The molecule has 2 aliphatic heterocycles. The molecule has 2 nitrogen and oxygen atoms in total. The molecule has 0 spiro atoms. The predicted octanol–water partition coefficient (Wildman–Crippen LogP) is 7.03. The summed E-state index contributed by atoms with van der Waals surface area (Å²) in [5, 5.41) is 2.64. The molecule has 0 saturated carbocycles. The lowest BCUT2D eigenvalue weighted by molar-refractivity contribution is 1.07. The zero-order valence-corrected chi connectivity index (χ0v) is 15.2. The Bertz CT molecular complexity index is 1410. The predicted molar refractivity (Wildman–Crippen MR) is 113 cm³/mol. The van der Waals surface area contributed by atoms with E-state index in [1.54, 1.807) is 0 Å². The number of hydrogen-bond donors (Lipinski definition) is 0. The fraction of sp³-hybridized carbons (Fsp3) is 0. The number of hydrogen-bond acceptors (Lipinski definition) is 2. The van der Waals surface area contributed by atoms with Crippen molar-refractivity contribution in [1.29, 1.82) is 0 Å². The topological polar surface area (TPSA) is 8.17 Å². The van der Waals surface area contributed by atoms with Crippen LogP contribution in [-0.4, -0.2) is 4.57 Å². The standard InChI is InChI=1S/C24H14N2S/c1-2-8-17-15(7-1)16-13-14-22-24-23(16)25(17)18-9-3-4-10-19(18)26(24)20-11-5-6-12-21(20)27-22/h1-14H. The maximum atomic E-state index is 2.46. The van der Waals surface area contributed by atoms with Gasteiger partial charge in [-0.05, 0) is 36.4 Å². The monoisotopic (exact) mass is 362 g/mol. The third-order valence-corrected chi connectivity index (χ3v) is 6.80. The van der Waals surface area contributed by atoms with Gasteiger partial charge in [0.25, 0.3) is 0 Å². The molecule has 0 N–H and O–H groups in total. The Morgan fingerprint density at radius 1 is 0.556 bits per heavy atom. The van der Waals surface area contributed by atoms with Crippen molar-refractivity contribution in [3.05, 3.63) is 84.9 Å². The molecule has 4 aromatic carbocycles. The molecule has 0 fully saturated rings. The van der Waals surface area contributed by atoms with Gasteiger partial charge in [-0.1, -0.05) is 60.3 Å². The number of aromatic nitrogens is 1. The van der Waals surface area contributed by atoms with Gasteiger partial charge in [-0.2, -0.15) is 0 Å². The second kappa shape index (κ2) is 4.76. The van der Waals surface area contributed by atoms with E-state index in [-0.39, 0.29) is 0 Å². The van der Waals surface area contributed by atoms with Crippen molar-refractivity contribution in [1.82, 2.24) is 4.57 Å². The number of benzene rings is 4. The molecule has 0 unspecified atom stereocenters. The number of rotatable bonds is 0. The molecule has 126 valence electrons. The van der Waals surface area contributed by atoms with Crippen molar-refractivity contribution in [2.24, 2.45) is 0 Å². The minimum atomic E-state index is 1.24. The van der Waals surface area contributed by atoms with Gasteiger partial charge in [0, 0.05) is 20.6 Å². The number of anilines is 3. The molecule has 27 heavy (non-hydrogen) atoms. The van der Waals surface area contributed by atoms with Gasteiger partial charge in [-0.15, -0.1) is 0 Å². The smallest absolute Gasteiger partial charge is 0.0851 e. The van der Waals surface area contributed by atoms with Crippen LogP contribution in [0, 0.1) is 0 Å². The average molecular weight is 362 g/mol. The molecule has 5 aromatic rings. The second-order valence-electron chi connectivity index (χ2n) is 7.05. The third kappa shape index (κ3) is 1.59. The highest BCUT2D eigenvalue weighted by atomic mass is 32.2. The molecule has 7 rings (SSSR count). The van der Waals surface area contributed by atoms with Crippen LogP contribution in [0.25, 0.3) is 27.5 Å². The fourth-order valence-electron chi connectivity index (χ4n) is 4.63. The van der Waals surface area contributed by atoms with Gasteiger partial charge < -0.3 is 9.47 Å². The molecule has 0 bridgehead atoms. The van der Waals surface area contributed by atoms with E-state index >= 15 is 0 Å². The van der Waals surface area contributed by atoms with Crippen LogP contribution in [0.3, 0.4) is 0 Å². The molecule has 0 radical (unpaired) electrons. The first-order valence-corrected chi connectivity index (χ1v) is 9.96. The highest BCUT2D eigenvalue weighted by molar-refractivity contribution is 7.99. The molecule has 0 saturated heterocycles. The van der Waals surface area contributed by atoms with Crippen LogP contribution in [0.4, 0.5) is 17.1 Å². The van der Waals surface area contributed by atoms with Crippen molar-refractivity contribution >= 4 is 50.6 Å². The lowest BCUT2D eigenvalue weighted by Crippen LogP contribution is -2.21. The van der Waals surface area contributed by atoms with Gasteiger partial charge in [0.1, 0.15) is 0 Å². The summed E-state index contributed by atoms with van der Waals surface area (Å²) in [4.78, 5) is 5.08. The van der Waals surface area contributed by atoms with Crippen molar-refractivity contribution in [3.63, 3.8) is 0 Å². The highest BCUT2D eigenvalue weighted by Crippen LogP contribution is 2.58. The Kier molecular flexibility index (Phi) is 2.46.